The first-order valence-corrected chi connectivity index (χ1v) is 14.2. The van der Waals surface area contributed by atoms with Crippen molar-refractivity contribution in [2.75, 3.05) is 33.3 Å². The zero-order valence-electron chi connectivity index (χ0n) is 24.3. The van der Waals surface area contributed by atoms with Gasteiger partial charge in [0.05, 0.1) is 6.04 Å². The third-order valence-corrected chi connectivity index (χ3v) is 7.34. The van der Waals surface area contributed by atoms with Crippen LogP contribution in [-0.2, 0) is 27.2 Å². The van der Waals surface area contributed by atoms with Crippen LogP contribution in [0.1, 0.15) is 42.9 Å². The molecule has 12 heteroatoms. The van der Waals surface area contributed by atoms with Crippen LogP contribution in [0.25, 0.3) is 0 Å². The molecule has 8 N–H and O–H groups in total. The summed E-state index contributed by atoms with van der Waals surface area (Å²) in [5, 5.41) is 16.5. The Morgan fingerprint density at radius 2 is 1.83 bits per heavy atom. The van der Waals surface area contributed by atoms with Crippen LogP contribution in [0.3, 0.4) is 0 Å². The first-order chi connectivity index (χ1) is 20.1. The van der Waals surface area contributed by atoms with Crippen molar-refractivity contribution in [1.29, 1.82) is 5.41 Å². The summed E-state index contributed by atoms with van der Waals surface area (Å²) in [5.41, 5.74) is 13.4. The van der Waals surface area contributed by atoms with Crippen LogP contribution in [0.15, 0.2) is 42.5 Å². The van der Waals surface area contributed by atoms with Crippen molar-refractivity contribution < 1.29 is 23.5 Å². The van der Waals surface area contributed by atoms with Gasteiger partial charge in [0.15, 0.2) is 0 Å². The molecule has 0 radical (unpaired) electrons. The van der Waals surface area contributed by atoms with Gasteiger partial charge in [-0.1, -0.05) is 30.3 Å². The fourth-order valence-electron chi connectivity index (χ4n) is 4.68. The molecule has 3 amide bonds. The first kappa shape index (κ1) is 32.5. The minimum Gasteiger partial charge on any atom is -0.492 e. The molecule has 1 aliphatic rings. The Morgan fingerprint density at radius 1 is 1.10 bits per heavy atom. The molecule has 0 aliphatic carbocycles. The van der Waals surface area contributed by atoms with Gasteiger partial charge in [-0.25, -0.2) is 4.39 Å². The maximum atomic E-state index is 14.0. The van der Waals surface area contributed by atoms with Gasteiger partial charge in [-0.2, -0.15) is 0 Å². The van der Waals surface area contributed by atoms with Crippen molar-refractivity contribution in [3.63, 3.8) is 0 Å². The second kappa shape index (κ2) is 15.8. The summed E-state index contributed by atoms with van der Waals surface area (Å²) < 4.78 is 19.9. The summed E-state index contributed by atoms with van der Waals surface area (Å²) in [6.07, 6.45) is 2.34. The van der Waals surface area contributed by atoms with Crippen LogP contribution in [0.2, 0.25) is 0 Å². The molecule has 42 heavy (non-hydrogen) atoms. The van der Waals surface area contributed by atoms with Crippen molar-refractivity contribution in [3.8, 4) is 5.75 Å². The number of nitrogens with two attached hydrogens (primary N) is 2. The molecule has 0 spiro atoms. The van der Waals surface area contributed by atoms with E-state index in [1.807, 2.05) is 0 Å². The summed E-state index contributed by atoms with van der Waals surface area (Å²) >= 11 is 0. The molecule has 0 fully saturated rings. The van der Waals surface area contributed by atoms with Crippen molar-refractivity contribution in [1.82, 2.24) is 20.9 Å². The van der Waals surface area contributed by atoms with Gasteiger partial charge in [0.1, 0.15) is 36.1 Å². The van der Waals surface area contributed by atoms with Crippen molar-refractivity contribution in [2.45, 2.75) is 57.2 Å². The molecule has 1 aliphatic heterocycles. The largest absolute Gasteiger partial charge is 0.492 e. The Kier molecular flexibility index (Phi) is 12.2. The number of nitrogens with zero attached hydrogens (tertiary/aromatic N) is 1. The van der Waals surface area contributed by atoms with Crippen LogP contribution in [0, 0.1) is 11.2 Å². The quantitative estimate of drug-likeness (QED) is 0.216. The second-order valence-corrected chi connectivity index (χ2v) is 10.4. The highest BCUT2D eigenvalue weighted by Gasteiger charge is 2.30. The standard InChI is InChI=1S/C30H42FN7O4/c1-19-28(39)37-25(17-20-7-9-22(10-8-20)27(33)34)29(40)36-14-4-5-21-11-12-23(31)18-26(21)42-16-15-35-24(6-3-13-32)30(41)38(19)2/h7-12,18-19,24-25,35H,3-6,13-17,32H2,1-2H3,(H3,33,34)(H,36,40)(H,37,39)/t19-,24+,25-/m1/s1. The molecule has 0 saturated heterocycles. The molecule has 3 rings (SSSR count). The fraction of sp³-hybridized carbons (Fsp3) is 0.467. The summed E-state index contributed by atoms with van der Waals surface area (Å²) in [7, 11) is 1.55. The average Bonchev–Trinajstić information content (AvgIpc) is 2.97. The van der Waals surface area contributed by atoms with Crippen LogP contribution in [0.5, 0.6) is 5.75 Å². The molecule has 11 nitrogen and oxygen atoms in total. The van der Waals surface area contributed by atoms with E-state index in [0.29, 0.717) is 56.6 Å². The van der Waals surface area contributed by atoms with Gasteiger partial charge in [0, 0.05) is 38.2 Å². The molecule has 2 aromatic carbocycles. The number of benzene rings is 2. The monoisotopic (exact) mass is 583 g/mol. The number of fused-ring (bicyclic) bond motifs is 1. The van der Waals surface area contributed by atoms with Crippen molar-refractivity contribution in [3.05, 3.63) is 65.0 Å². The van der Waals surface area contributed by atoms with E-state index in [9.17, 15) is 18.8 Å². The molecule has 1 heterocycles. The normalized spacial score (nSPS) is 21.3. The van der Waals surface area contributed by atoms with Gasteiger partial charge in [0.2, 0.25) is 17.7 Å². The summed E-state index contributed by atoms with van der Waals surface area (Å²) in [4.78, 5) is 41.4. The number of carbonyl (C=O) groups is 3. The van der Waals surface area contributed by atoms with E-state index in [2.05, 4.69) is 16.0 Å². The molecular weight excluding hydrogens is 541 g/mol. The highest BCUT2D eigenvalue weighted by molar-refractivity contribution is 5.95. The second-order valence-electron chi connectivity index (χ2n) is 10.4. The van der Waals surface area contributed by atoms with Crippen molar-refractivity contribution >= 4 is 23.6 Å². The van der Waals surface area contributed by atoms with Gasteiger partial charge < -0.3 is 37.1 Å². The Labute approximate surface area is 246 Å². The maximum absolute atomic E-state index is 14.0. The highest BCUT2D eigenvalue weighted by atomic mass is 19.1. The predicted molar refractivity (Wildman–Crippen MR) is 159 cm³/mol. The van der Waals surface area contributed by atoms with Gasteiger partial charge in [-0.3, -0.25) is 19.8 Å². The minimum atomic E-state index is -0.915. The summed E-state index contributed by atoms with van der Waals surface area (Å²) in [6.45, 7) is 2.86. The van der Waals surface area contributed by atoms with Gasteiger partial charge >= 0.3 is 0 Å². The van der Waals surface area contributed by atoms with Crippen LogP contribution in [-0.4, -0.2) is 79.9 Å². The zero-order valence-corrected chi connectivity index (χ0v) is 24.3. The smallest absolute Gasteiger partial charge is 0.243 e. The van der Waals surface area contributed by atoms with Crippen molar-refractivity contribution in [2.24, 2.45) is 11.5 Å². The summed E-state index contributed by atoms with van der Waals surface area (Å²) in [5.74, 6) is -1.21. The third-order valence-electron chi connectivity index (χ3n) is 7.34. The molecule has 3 atom stereocenters. The number of carbonyl (C=O) groups excluding carboxylic acids is 3. The molecule has 0 bridgehead atoms. The Bertz CT molecular complexity index is 1240. The van der Waals surface area contributed by atoms with E-state index in [-0.39, 0.29) is 30.7 Å². The lowest BCUT2D eigenvalue weighted by atomic mass is 10.0. The van der Waals surface area contributed by atoms with Crippen LogP contribution >= 0.6 is 0 Å². The Hall–Kier alpha value is -4.03. The number of aryl methyl sites for hydroxylation is 1. The van der Waals surface area contributed by atoms with E-state index >= 15 is 0 Å². The number of hydrogen-bond acceptors (Lipinski definition) is 7. The number of amidine groups is 1. The average molecular weight is 584 g/mol. The highest BCUT2D eigenvalue weighted by Crippen LogP contribution is 2.21. The van der Waals surface area contributed by atoms with E-state index in [4.69, 9.17) is 21.6 Å². The number of hydrogen-bond donors (Lipinski definition) is 6. The molecule has 0 saturated carbocycles. The number of halogens is 1. The van der Waals surface area contributed by atoms with E-state index in [1.54, 1.807) is 44.3 Å². The topological polar surface area (TPSA) is 176 Å². The van der Waals surface area contributed by atoms with Crippen LogP contribution < -0.4 is 32.2 Å². The first-order valence-electron chi connectivity index (χ1n) is 14.2. The Balaban J connectivity index is 1.86. The zero-order chi connectivity index (χ0) is 30.6. The predicted octanol–water partition coefficient (Wildman–Crippen LogP) is 0.822. The van der Waals surface area contributed by atoms with Gasteiger partial charge in [-0.15, -0.1) is 0 Å². The molecule has 2 aromatic rings. The Morgan fingerprint density at radius 3 is 2.52 bits per heavy atom. The number of rotatable bonds is 6. The van der Waals surface area contributed by atoms with E-state index in [0.717, 1.165) is 11.1 Å². The number of nitrogen functional groups attached to an aromatic ring is 1. The number of likely N-dealkylation sites (N-methyl/N-ethyl adjacent to an activating group) is 1. The fourth-order valence-corrected chi connectivity index (χ4v) is 4.68. The molecule has 0 aromatic heterocycles. The van der Waals surface area contributed by atoms with Gasteiger partial charge in [0.25, 0.3) is 0 Å². The maximum Gasteiger partial charge on any atom is 0.243 e. The minimum absolute atomic E-state index is 0.0701. The SMILES string of the molecule is C[C@@H]1C(=O)N[C@H](Cc2ccc(C(=N)N)cc2)C(=O)NCCCc2ccc(F)cc2OCCN[C@@H](CCCN)C(=O)N1C. The summed E-state index contributed by atoms with van der Waals surface area (Å²) in [6, 6.07) is 8.86. The third kappa shape index (κ3) is 9.25. The molecular formula is C30H42FN7O4. The lowest BCUT2D eigenvalue weighted by Crippen LogP contribution is -2.56. The lowest BCUT2D eigenvalue weighted by Gasteiger charge is -2.30. The number of amides is 3. The number of ether oxygens (including phenoxy) is 1. The van der Waals surface area contributed by atoms with Gasteiger partial charge in [-0.05, 0) is 56.3 Å². The molecule has 0 unspecified atom stereocenters. The number of nitrogens with one attached hydrogen (secondary N) is 4. The van der Waals surface area contributed by atoms with Crippen LogP contribution in [0.4, 0.5) is 4.39 Å². The van der Waals surface area contributed by atoms with E-state index in [1.165, 1.54) is 17.0 Å². The van der Waals surface area contributed by atoms with E-state index < -0.39 is 29.8 Å². The lowest BCUT2D eigenvalue weighted by molar-refractivity contribution is -0.141. The molecule has 228 valence electrons.